The molecule has 6 nitrogen and oxygen atoms in total. The summed E-state index contributed by atoms with van der Waals surface area (Å²) in [4.78, 5) is 15.1. The van der Waals surface area contributed by atoms with E-state index in [0.717, 1.165) is 40.9 Å². The van der Waals surface area contributed by atoms with Crippen molar-refractivity contribution in [3.05, 3.63) is 30.0 Å². The molecule has 1 aliphatic rings. The van der Waals surface area contributed by atoms with E-state index in [1.165, 1.54) is 0 Å². The van der Waals surface area contributed by atoms with Crippen LogP contribution < -0.4 is 15.4 Å². The molecule has 1 aromatic heterocycles. The highest BCUT2D eigenvalue weighted by molar-refractivity contribution is 5.93. The minimum Gasteiger partial charge on any atom is -0.497 e. The third kappa shape index (κ3) is 12.3. The lowest BCUT2D eigenvalue weighted by Crippen LogP contribution is -2.39. The van der Waals surface area contributed by atoms with Crippen LogP contribution in [-0.4, -0.2) is 49.5 Å². The number of rotatable bonds is 5. The van der Waals surface area contributed by atoms with Gasteiger partial charge in [-0.25, -0.2) is 4.98 Å². The second-order valence-corrected chi connectivity index (χ2v) is 8.79. The summed E-state index contributed by atoms with van der Waals surface area (Å²) in [6.45, 7) is 17.3. The zero-order chi connectivity index (χ0) is 29.9. The molecule has 2 aromatic rings. The van der Waals surface area contributed by atoms with Crippen molar-refractivity contribution in [1.29, 1.82) is 0 Å². The first-order valence-corrected chi connectivity index (χ1v) is 13.5. The standard InChI is InChI=1S/C17H19F3N2O.C7H16O.2C2H6.CH3NO/c1-11-9-12-10-14(23-2)3-4-15(12)16(21-11)22-7-5-13(6-8-22)17(18,19)20;1-4-7(3,5-2)6-8;2*1-2;2-1-3/h3-4,9-10,13H,5-8H2,1-2H3;8H,4-6H2,1-3H3;2*1-2H3;1H,(H2,2,3). The number of pyridine rings is 1. The Morgan fingerprint density at radius 1 is 1.11 bits per heavy atom. The van der Waals surface area contributed by atoms with Gasteiger partial charge in [-0.05, 0) is 67.7 Å². The number of aromatic nitrogens is 1. The van der Waals surface area contributed by atoms with Gasteiger partial charge < -0.3 is 20.5 Å². The molecule has 9 heteroatoms. The second-order valence-electron chi connectivity index (χ2n) is 8.79. The van der Waals surface area contributed by atoms with Gasteiger partial charge in [0.05, 0.1) is 13.0 Å². The number of primary amides is 1. The Morgan fingerprint density at radius 2 is 1.61 bits per heavy atom. The van der Waals surface area contributed by atoms with Crippen LogP contribution in [0.2, 0.25) is 0 Å². The number of aliphatic hydroxyl groups is 1. The molecule has 0 unspecified atom stereocenters. The Bertz CT molecular complexity index is 887. The lowest BCUT2D eigenvalue weighted by molar-refractivity contribution is -0.179. The largest absolute Gasteiger partial charge is 0.497 e. The van der Waals surface area contributed by atoms with E-state index in [4.69, 9.17) is 14.6 Å². The van der Waals surface area contributed by atoms with Crippen LogP contribution in [-0.2, 0) is 4.79 Å². The van der Waals surface area contributed by atoms with Gasteiger partial charge in [0.1, 0.15) is 11.6 Å². The molecule has 1 aliphatic heterocycles. The van der Waals surface area contributed by atoms with E-state index in [9.17, 15) is 13.2 Å². The number of nitrogens with zero attached hydrogens (tertiary/aromatic N) is 2. The van der Waals surface area contributed by atoms with Gasteiger partial charge in [0.25, 0.3) is 0 Å². The van der Waals surface area contributed by atoms with Gasteiger partial charge in [0.15, 0.2) is 0 Å². The SMILES string of the molecule is CC.CC.CCC(C)(CC)CO.COc1ccc2c(N3CCC(C(F)(F)F)CC3)nc(C)cc2c1.NC=O. The van der Waals surface area contributed by atoms with Crippen molar-refractivity contribution in [3.8, 4) is 5.75 Å². The molecule has 0 saturated carbocycles. The van der Waals surface area contributed by atoms with E-state index in [0.29, 0.717) is 19.7 Å². The van der Waals surface area contributed by atoms with Gasteiger partial charge in [-0.1, -0.05) is 48.5 Å². The lowest BCUT2D eigenvalue weighted by Gasteiger charge is -2.34. The van der Waals surface area contributed by atoms with Crippen LogP contribution in [0.3, 0.4) is 0 Å². The summed E-state index contributed by atoms with van der Waals surface area (Å²) in [5.74, 6) is 0.322. The number of anilines is 1. The molecule has 3 rings (SSSR count). The van der Waals surface area contributed by atoms with Gasteiger partial charge in [0, 0.05) is 30.8 Å². The molecular formula is C29H50F3N3O3. The number of fused-ring (bicyclic) bond motifs is 1. The van der Waals surface area contributed by atoms with Gasteiger partial charge in [-0.2, -0.15) is 13.2 Å². The molecular weight excluding hydrogens is 495 g/mol. The van der Waals surface area contributed by atoms with Crippen molar-refractivity contribution >= 4 is 23.0 Å². The summed E-state index contributed by atoms with van der Waals surface area (Å²) in [6.07, 6.45) is -1.46. The highest BCUT2D eigenvalue weighted by Gasteiger charge is 2.41. The quantitative estimate of drug-likeness (QED) is 0.385. The fraction of sp³-hybridized carbons (Fsp3) is 0.655. The summed E-state index contributed by atoms with van der Waals surface area (Å²) >= 11 is 0. The summed E-state index contributed by atoms with van der Waals surface area (Å²) < 4.78 is 43.7. The number of ether oxygens (including phenoxy) is 1. The fourth-order valence-corrected chi connectivity index (χ4v) is 3.61. The zero-order valence-corrected chi connectivity index (χ0v) is 24.8. The number of carbonyl (C=O) groups is 1. The summed E-state index contributed by atoms with van der Waals surface area (Å²) in [7, 11) is 1.61. The molecule has 2 heterocycles. The van der Waals surface area contributed by atoms with E-state index < -0.39 is 12.1 Å². The zero-order valence-electron chi connectivity index (χ0n) is 24.8. The van der Waals surface area contributed by atoms with Gasteiger partial charge in [-0.15, -0.1) is 0 Å². The first kappa shape index (κ1) is 37.6. The molecule has 3 N–H and O–H groups in total. The van der Waals surface area contributed by atoms with Crippen LogP contribution in [0.25, 0.3) is 10.8 Å². The first-order chi connectivity index (χ1) is 18.0. The average molecular weight is 546 g/mol. The number of methoxy groups -OCH3 is 1. The lowest BCUT2D eigenvalue weighted by atomic mass is 9.86. The molecule has 0 aliphatic carbocycles. The number of carbonyl (C=O) groups excluding carboxylic acids is 1. The third-order valence-corrected chi connectivity index (χ3v) is 6.49. The van der Waals surface area contributed by atoms with Gasteiger partial charge in [-0.3, -0.25) is 4.79 Å². The van der Waals surface area contributed by atoms with E-state index >= 15 is 0 Å². The Hall–Kier alpha value is -2.55. The fourth-order valence-electron chi connectivity index (χ4n) is 3.61. The number of alkyl halides is 3. The van der Waals surface area contributed by atoms with Crippen LogP contribution in [0.15, 0.2) is 24.3 Å². The molecule has 1 amide bonds. The molecule has 0 atom stereocenters. The van der Waals surface area contributed by atoms with Crippen LogP contribution in [0.5, 0.6) is 5.75 Å². The molecule has 1 saturated heterocycles. The average Bonchev–Trinajstić information content (AvgIpc) is 2.94. The minimum absolute atomic E-state index is 0.122. The van der Waals surface area contributed by atoms with Crippen LogP contribution >= 0.6 is 0 Å². The van der Waals surface area contributed by atoms with Gasteiger partial charge >= 0.3 is 6.18 Å². The normalized spacial score (nSPS) is 13.3. The summed E-state index contributed by atoms with van der Waals surface area (Å²) in [6, 6.07) is 7.66. The monoisotopic (exact) mass is 545 g/mol. The Labute approximate surface area is 227 Å². The number of halogens is 3. The molecule has 38 heavy (non-hydrogen) atoms. The number of piperidine rings is 1. The summed E-state index contributed by atoms with van der Waals surface area (Å²) in [5, 5.41) is 10.7. The molecule has 1 aromatic carbocycles. The van der Waals surface area contributed by atoms with Crippen LogP contribution in [0.4, 0.5) is 19.0 Å². The van der Waals surface area contributed by atoms with Crippen molar-refractivity contribution < 1.29 is 27.8 Å². The maximum atomic E-state index is 12.8. The highest BCUT2D eigenvalue weighted by atomic mass is 19.4. The number of benzene rings is 1. The number of aryl methyl sites for hydroxylation is 1. The Morgan fingerprint density at radius 3 is 1.97 bits per heavy atom. The predicted octanol–water partition coefficient (Wildman–Crippen LogP) is 7.29. The van der Waals surface area contributed by atoms with Crippen molar-refractivity contribution in [2.75, 3.05) is 31.7 Å². The van der Waals surface area contributed by atoms with E-state index in [2.05, 4.69) is 31.5 Å². The second kappa shape index (κ2) is 19.5. The number of aliphatic hydroxyl groups excluding tert-OH is 1. The summed E-state index contributed by atoms with van der Waals surface area (Å²) in [5.41, 5.74) is 5.19. The van der Waals surface area contributed by atoms with Gasteiger partial charge in [0.2, 0.25) is 6.41 Å². The predicted molar refractivity (Wildman–Crippen MR) is 153 cm³/mol. The Kier molecular flexibility index (Phi) is 19.3. The number of hydrogen-bond acceptors (Lipinski definition) is 5. The number of nitrogens with two attached hydrogens (primary N) is 1. The van der Waals surface area contributed by atoms with E-state index in [1.54, 1.807) is 7.11 Å². The maximum Gasteiger partial charge on any atom is 0.391 e. The molecule has 0 radical (unpaired) electrons. The maximum absolute atomic E-state index is 12.8. The number of hydrogen-bond donors (Lipinski definition) is 2. The minimum atomic E-state index is -4.10. The van der Waals surface area contributed by atoms with Crippen molar-refractivity contribution in [3.63, 3.8) is 0 Å². The van der Waals surface area contributed by atoms with Crippen molar-refractivity contribution in [2.24, 2.45) is 17.1 Å². The third-order valence-electron chi connectivity index (χ3n) is 6.49. The van der Waals surface area contributed by atoms with Crippen LogP contribution in [0.1, 0.15) is 79.8 Å². The van der Waals surface area contributed by atoms with Crippen LogP contribution in [0, 0.1) is 18.3 Å². The van der Waals surface area contributed by atoms with Crippen molar-refractivity contribution in [2.45, 2.75) is 87.2 Å². The highest BCUT2D eigenvalue weighted by Crippen LogP contribution is 2.37. The molecule has 0 spiro atoms. The van der Waals surface area contributed by atoms with E-state index in [-0.39, 0.29) is 24.7 Å². The molecule has 220 valence electrons. The molecule has 0 bridgehead atoms. The number of amides is 1. The van der Waals surface area contributed by atoms with Crippen molar-refractivity contribution in [1.82, 2.24) is 4.98 Å². The Balaban J connectivity index is 0. The molecule has 1 fully saturated rings. The smallest absolute Gasteiger partial charge is 0.391 e. The van der Waals surface area contributed by atoms with E-state index in [1.807, 2.05) is 63.8 Å². The topological polar surface area (TPSA) is 88.7 Å². The first-order valence-electron chi connectivity index (χ1n) is 13.5.